The first-order valence-electron chi connectivity index (χ1n) is 12.0. The van der Waals surface area contributed by atoms with E-state index in [2.05, 4.69) is 35.8 Å². The SMILES string of the molecule is COc1cc(C=NNC(=O)c2nnn(-c3nonc3N)c2-c2ccccc2)cc(OC)c1OC(=O)c1ccccc1. The molecule has 0 bridgehead atoms. The van der Waals surface area contributed by atoms with Gasteiger partial charge in [0.25, 0.3) is 5.91 Å². The number of methoxy groups -OCH3 is 2. The van der Waals surface area contributed by atoms with Gasteiger partial charge in [-0.3, -0.25) is 4.79 Å². The number of carbonyl (C=O) groups excluding carboxylic acids is 2. The molecule has 0 fully saturated rings. The highest BCUT2D eigenvalue weighted by atomic mass is 16.6. The van der Waals surface area contributed by atoms with Gasteiger partial charge in [0.15, 0.2) is 17.2 Å². The number of benzene rings is 3. The van der Waals surface area contributed by atoms with E-state index >= 15 is 0 Å². The van der Waals surface area contributed by atoms with Crippen molar-refractivity contribution in [3.63, 3.8) is 0 Å². The number of nitrogens with zero attached hydrogens (tertiary/aromatic N) is 6. The molecule has 5 aromatic rings. The molecule has 0 spiro atoms. The Morgan fingerprint density at radius 2 is 1.63 bits per heavy atom. The number of esters is 1. The molecule has 3 aromatic carbocycles. The number of carbonyl (C=O) groups is 2. The van der Waals surface area contributed by atoms with Crippen LogP contribution in [-0.2, 0) is 0 Å². The Hall–Kier alpha value is -6.05. The summed E-state index contributed by atoms with van der Waals surface area (Å²) >= 11 is 0. The molecule has 0 saturated heterocycles. The lowest BCUT2D eigenvalue weighted by molar-refractivity contribution is 0.0724. The summed E-state index contributed by atoms with van der Waals surface area (Å²) in [7, 11) is 2.84. The third-order valence-electron chi connectivity index (χ3n) is 5.70. The van der Waals surface area contributed by atoms with Crippen LogP contribution in [-0.4, -0.2) is 57.6 Å². The summed E-state index contributed by atoms with van der Waals surface area (Å²) in [5, 5.41) is 19.4. The number of amides is 1. The maximum Gasteiger partial charge on any atom is 0.343 e. The van der Waals surface area contributed by atoms with Crippen molar-refractivity contribution in [3.05, 3.63) is 89.6 Å². The maximum atomic E-state index is 13.1. The van der Waals surface area contributed by atoms with Crippen LogP contribution in [0.5, 0.6) is 17.2 Å². The molecule has 206 valence electrons. The van der Waals surface area contributed by atoms with E-state index in [1.165, 1.54) is 25.1 Å². The molecule has 1 amide bonds. The van der Waals surface area contributed by atoms with Gasteiger partial charge in [0.1, 0.15) is 5.69 Å². The zero-order chi connectivity index (χ0) is 28.8. The molecule has 0 radical (unpaired) electrons. The Morgan fingerprint density at radius 1 is 0.976 bits per heavy atom. The van der Waals surface area contributed by atoms with Gasteiger partial charge in [-0.25, -0.2) is 14.8 Å². The molecule has 2 aromatic heterocycles. The number of nitrogen functional groups attached to an aromatic ring is 1. The first kappa shape index (κ1) is 26.6. The zero-order valence-corrected chi connectivity index (χ0v) is 21.7. The Kier molecular flexibility index (Phi) is 7.63. The van der Waals surface area contributed by atoms with Crippen LogP contribution in [0.4, 0.5) is 5.82 Å². The third kappa shape index (κ3) is 5.56. The van der Waals surface area contributed by atoms with Gasteiger partial charge in [-0.15, -0.1) is 5.10 Å². The molecule has 3 N–H and O–H groups in total. The highest BCUT2D eigenvalue weighted by Gasteiger charge is 2.25. The van der Waals surface area contributed by atoms with E-state index in [9.17, 15) is 9.59 Å². The third-order valence-corrected chi connectivity index (χ3v) is 5.70. The number of anilines is 1. The summed E-state index contributed by atoms with van der Waals surface area (Å²) in [6.07, 6.45) is 1.36. The predicted octanol–water partition coefficient (Wildman–Crippen LogP) is 2.90. The highest BCUT2D eigenvalue weighted by Crippen LogP contribution is 2.38. The van der Waals surface area contributed by atoms with Gasteiger partial charge in [-0.05, 0) is 34.6 Å². The van der Waals surface area contributed by atoms with E-state index in [0.717, 1.165) is 0 Å². The average Bonchev–Trinajstić information content (AvgIpc) is 3.64. The summed E-state index contributed by atoms with van der Waals surface area (Å²) in [4.78, 5) is 25.7. The molecule has 41 heavy (non-hydrogen) atoms. The van der Waals surface area contributed by atoms with Crippen LogP contribution in [0.25, 0.3) is 17.1 Å². The lowest BCUT2D eigenvalue weighted by atomic mass is 10.1. The lowest BCUT2D eigenvalue weighted by Gasteiger charge is -2.14. The molecule has 0 aliphatic rings. The Morgan fingerprint density at radius 3 is 2.24 bits per heavy atom. The van der Waals surface area contributed by atoms with Crippen LogP contribution in [0, 0.1) is 0 Å². The van der Waals surface area contributed by atoms with Crippen LogP contribution in [0.3, 0.4) is 0 Å². The first-order valence-corrected chi connectivity index (χ1v) is 12.0. The molecule has 2 heterocycles. The topological polar surface area (TPSA) is 182 Å². The van der Waals surface area contributed by atoms with Crippen molar-refractivity contribution in [1.82, 2.24) is 30.7 Å². The number of ether oxygens (including phenoxy) is 3. The van der Waals surface area contributed by atoms with Crippen LogP contribution < -0.4 is 25.4 Å². The van der Waals surface area contributed by atoms with Crippen LogP contribution in [0.1, 0.15) is 26.4 Å². The van der Waals surface area contributed by atoms with Gasteiger partial charge >= 0.3 is 5.97 Å². The number of rotatable bonds is 9. The Balaban J connectivity index is 1.39. The van der Waals surface area contributed by atoms with Crippen molar-refractivity contribution in [2.75, 3.05) is 20.0 Å². The van der Waals surface area contributed by atoms with Gasteiger partial charge in [0.05, 0.1) is 26.0 Å². The molecule has 0 aliphatic heterocycles. The first-order chi connectivity index (χ1) is 20.0. The summed E-state index contributed by atoms with van der Waals surface area (Å²) in [6, 6.07) is 20.6. The second kappa shape index (κ2) is 11.8. The quantitative estimate of drug-likeness (QED) is 0.118. The van der Waals surface area contributed by atoms with Crippen LogP contribution in [0.2, 0.25) is 0 Å². The molecule has 0 atom stereocenters. The van der Waals surface area contributed by atoms with Gasteiger partial charge in [0, 0.05) is 11.1 Å². The van der Waals surface area contributed by atoms with E-state index in [1.807, 2.05) is 6.07 Å². The largest absolute Gasteiger partial charge is 0.493 e. The maximum absolute atomic E-state index is 13.1. The van der Waals surface area contributed by atoms with E-state index in [1.54, 1.807) is 66.7 Å². The minimum Gasteiger partial charge on any atom is -0.493 e. The van der Waals surface area contributed by atoms with Crippen molar-refractivity contribution < 1.29 is 28.4 Å². The molecule has 14 heteroatoms. The van der Waals surface area contributed by atoms with E-state index in [0.29, 0.717) is 22.4 Å². The summed E-state index contributed by atoms with van der Waals surface area (Å²) in [5.41, 5.74) is 9.97. The number of hydrazone groups is 1. The summed E-state index contributed by atoms with van der Waals surface area (Å²) < 4.78 is 22.3. The fourth-order valence-electron chi connectivity index (χ4n) is 3.80. The molecule has 5 rings (SSSR count). The minimum absolute atomic E-state index is 0.0298. The Labute approximate surface area is 232 Å². The molecular formula is C27H22N8O6. The standard InChI is InChI=1S/C27H22N8O6/c1-38-19-13-16(14-20(39-2)23(19)40-27(37)18-11-7-4-8-12-18)15-29-31-26(36)21-22(17-9-5-3-6-10-17)35(34-30-21)25-24(28)32-41-33-25/h3-15H,1-2H3,(H2,28,32)(H,31,36). The molecule has 0 saturated carbocycles. The number of aromatic nitrogens is 5. The normalized spacial score (nSPS) is 10.9. The van der Waals surface area contributed by atoms with Crippen molar-refractivity contribution in [1.29, 1.82) is 0 Å². The molecule has 0 unspecified atom stereocenters. The Bertz CT molecular complexity index is 1690. The van der Waals surface area contributed by atoms with Crippen molar-refractivity contribution in [2.45, 2.75) is 0 Å². The summed E-state index contributed by atoms with van der Waals surface area (Å²) in [6.45, 7) is 0. The van der Waals surface area contributed by atoms with E-state index in [-0.39, 0.29) is 34.6 Å². The van der Waals surface area contributed by atoms with Gasteiger partial charge in [-0.1, -0.05) is 53.7 Å². The smallest absolute Gasteiger partial charge is 0.343 e. The fraction of sp³-hybridized carbons (Fsp3) is 0.0741. The number of hydrogen-bond donors (Lipinski definition) is 2. The molecule has 0 aliphatic carbocycles. The number of nitrogens with two attached hydrogens (primary N) is 1. The van der Waals surface area contributed by atoms with Crippen LogP contribution in [0.15, 0.2) is 82.5 Å². The highest BCUT2D eigenvalue weighted by molar-refractivity contribution is 5.99. The van der Waals surface area contributed by atoms with Gasteiger partial charge in [-0.2, -0.15) is 9.78 Å². The molecule has 14 nitrogen and oxygen atoms in total. The summed E-state index contributed by atoms with van der Waals surface area (Å²) in [5.74, 6) is -0.668. The monoisotopic (exact) mass is 554 g/mol. The van der Waals surface area contributed by atoms with Gasteiger partial charge in [0.2, 0.25) is 17.4 Å². The van der Waals surface area contributed by atoms with Crippen molar-refractivity contribution >= 4 is 23.9 Å². The van der Waals surface area contributed by atoms with Crippen molar-refractivity contribution in [2.24, 2.45) is 5.10 Å². The minimum atomic E-state index is -0.659. The number of nitrogens with one attached hydrogen (secondary N) is 1. The number of hydrogen-bond acceptors (Lipinski definition) is 12. The van der Waals surface area contributed by atoms with Crippen molar-refractivity contribution in [3.8, 4) is 34.3 Å². The van der Waals surface area contributed by atoms with E-state index < -0.39 is 11.9 Å². The lowest BCUT2D eigenvalue weighted by Crippen LogP contribution is -2.19. The second-order valence-electron chi connectivity index (χ2n) is 8.25. The van der Waals surface area contributed by atoms with E-state index in [4.69, 9.17) is 19.9 Å². The fourth-order valence-corrected chi connectivity index (χ4v) is 3.80. The average molecular weight is 555 g/mol. The molecular weight excluding hydrogens is 532 g/mol. The van der Waals surface area contributed by atoms with Crippen LogP contribution >= 0.6 is 0 Å². The zero-order valence-electron chi connectivity index (χ0n) is 21.7. The predicted molar refractivity (Wildman–Crippen MR) is 145 cm³/mol. The second-order valence-corrected chi connectivity index (χ2v) is 8.25. The van der Waals surface area contributed by atoms with Gasteiger partial charge < -0.3 is 19.9 Å².